The highest BCUT2D eigenvalue weighted by Gasteiger charge is 2.00. The number of hydrazine groups is 1. The third-order valence-corrected chi connectivity index (χ3v) is 1.80. The molecule has 0 amide bonds. The van der Waals surface area contributed by atoms with Gasteiger partial charge in [-0.1, -0.05) is 15.9 Å². The molecule has 0 aromatic heterocycles. The van der Waals surface area contributed by atoms with Crippen LogP contribution in [0.4, 0.5) is 10.1 Å². The van der Waals surface area contributed by atoms with Gasteiger partial charge in [0.15, 0.2) is 0 Å². The maximum Gasteiger partial charge on any atom is 0.146 e. The molecule has 0 aliphatic carbocycles. The average molecular weight is 234 g/mol. The van der Waals surface area contributed by atoms with Gasteiger partial charge >= 0.3 is 0 Å². The maximum atomic E-state index is 12.9. The first-order valence-corrected chi connectivity index (χ1v) is 4.15. The third kappa shape index (κ3) is 2.44. The van der Waals surface area contributed by atoms with Crippen LogP contribution in [-0.2, 0) is 0 Å². The van der Waals surface area contributed by atoms with Crippen molar-refractivity contribution >= 4 is 21.6 Å². The lowest BCUT2D eigenvalue weighted by Crippen LogP contribution is -2.28. The van der Waals surface area contributed by atoms with Gasteiger partial charge in [-0.3, -0.25) is 5.84 Å². The Bertz CT molecular complexity index is 267. The number of hydrogen-bond donors (Lipinski definition) is 3. The fraction of sp³-hybridized carbons (Fsp3) is 0.143. The fourth-order valence-corrected chi connectivity index (χ4v) is 1.14. The predicted molar refractivity (Wildman–Crippen MR) is 49.9 cm³/mol. The Kier molecular flexibility index (Phi) is 3.46. The minimum atomic E-state index is -0.298. The van der Waals surface area contributed by atoms with Crippen LogP contribution in [0.2, 0.25) is 0 Å². The maximum absolute atomic E-state index is 12.9. The monoisotopic (exact) mass is 233 g/mol. The number of rotatable bonds is 3. The van der Waals surface area contributed by atoms with Gasteiger partial charge in [0.2, 0.25) is 0 Å². The first-order chi connectivity index (χ1) is 5.74. The lowest BCUT2D eigenvalue weighted by molar-refractivity contribution is 0.628. The van der Waals surface area contributed by atoms with E-state index in [0.29, 0.717) is 12.4 Å². The first-order valence-electron chi connectivity index (χ1n) is 3.36. The Morgan fingerprint density at radius 1 is 1.50 bits per heavy atom. The van der Waals surface area contributed by atoms with Crippen molar-refractivity contribution in [2.24, 2.45) is 5.84 Å². The molecule has 0 aliphatic rings. The molecule has 4 N–H and O–H groups in total. The summed E-state index contributed by atoms with van der Waals surface area (Å²) in [6.07, 6.45) is 0. The minimum absolute atomic E-state index is 0.298. The van der Waals surface area contributed by atoms with Crippen molar-refractivity contribution in [1.29, 1.82) is 0 Å². The van der Waals surface area contributed by atoms with Gasteiger partial charge in [0, 0.05) is 4.47 Å². The van der Waals surface area contributed by atoms with Crippen LogP contribution < -0.4 is 16.6 Å². The minimum Gasteiger partial charge on any atom is -0.369 e. The van der Waals surface area contributed by atoms with Gasteiger partial charge < -0.3 is 5.32 Å². The molecule has 0 bridgehead atoms. The molecule has 3 nitrogen and oxygen atoms in total. The summed E-state index contributed by atoms with van der Waals surface area (Å²) >= 11 is 3.23. The molecule has 0 atom stereocenters. The van der Waals surface area contributed by atoms with Gasteiger partial charge in [-0.15, -0.1) is 0 Å². The molecule has 0 unspecified atom stereocenters. The standard InChI is InChI=1S/C7H9BrFN3/c8-5-1-2-6(9)7(3-5)11-4-12-10/h1-3,11-12H,4,10H2. The van der Waals surface area contributed by atoms with Gasteiger partial charge in [-0.25, -0.2) is 9.82 Å². The number of nitrogens with two attached hydrogens (primary N) is 1. The predicted octanol–water partition coefficient (Wildman–Crippen LogP) is 1.42. The molecule has 0 heterocycles. The van der Waals surface area contributed by atoms with Crippen LogP contribution in [0.3, 0.4) is 0 Å². The number of halogens is 2. The largest absolute Gasteiger partial charge is 0.369 e. The van der Waals surface area contributed by atoms with E-state index in [1.165, 1.54) is 6.07 Å². The lowest BCUT2D eigenvalue weighted by Gasteiger charge is -2.06. The van der Waals surface area contributed by atoms with Crippen molar-refractivity contribution in [2.45, 2.75) is 0 Å². The Labute approximate surface area is 78.2 Å². The van der Waals surface area contributed by atoms with Crippen molar-refractivity contribution in [2.75, 3.05) is 12.0 Å². The molecule has 1 rings (SSSR count). The van der Waals surface area contributed by atoms with E-state index in [1.807, 2.05) is 0 Å². The molecule has 0 aliphatic heterocycles. The van der Waals surface area contributed by atoms with Crippen LogP contribution in [0, 0.1) is 5.82 Å². The van der Waals surface area contributed by atoms with Gasteiger partial charge in [-0.2, -0.15) is 0 Å². The van der Waals surface area contributed by atoms with Crippen molar-refractivity contribution < 1.29 is 4.39 Å². The highest BCUT2D eigenvalue weighted by molar-refractivity contribution is 9.10. The second kappa shape index (κ2) is 4.39. The van der Waals surface area contributed by atoms with E-state index in [4.69, 9.17) is 5.84 Å². The van der Waals surface area contributed by atoms with E-state index in [0.717, 1.165) is 4.47 Å². The molecule has 12 heavy (non-hydrogen) atoms. The van der Waals surface area contributed by atoms with Crippen LogP contribution in [0.5, 0.6) is 0 Å². The summed E-state index contributed by atoms with van der Waals surface area (Å²) in [5.41, 5.74) is 2.79. The highest BCUT2D eigenvalue weighted by atomic mass is 79.9. The molecule has 0 saturated heterocycles. The Balaban J connectivity index is 2.75. The smallest absolute Gasteiger partial charge is 0.146 e. The zero-order valence-electron chi connectivity index (χ0n) is 6.27. The summed E-state index contributed by atoms with van der Waals surface area (Å²) in [6.45, 7) is 0.327. The van der Waals surface area contributed by atoms with Crippen LogP contribution in [-0.4, -0.2) is 6.67 Å². The first kappa shape index (κ1) is 9.44. The van der Waals surface area contributed by atoms with Gasteiger partial charge in [0.25, 0.3) is 0 Å². The Hall–Kier alpha value is -0.650. The van der Waals surface area contributed by atoms with E-state index in [-0.39, 0.29) is 5.82 Å². The number of benzene rings is 1. The molecule has 0 saturated carbocycles. The zero-order valence-corrected chi connectivity index (χ0v) is 7.86. The van der Waals surface area contributed by atoms with E-state index in [9.17, 15) is 4.39 Å². The normalized spacial score (nSPS) is 9.92. The SMILES string of the molecule is NNCNc1cc(Br)ccc1F. The van der Waals surface area contributed by atoms with E-state index >= 15 is 0 Å². The average Bonchev–Trinajstić information content (AvgIpc) is 2.07. The van der Waals surface area contributed by atoms with Crippen molar-refractivity contribution in [3.8, 4) is 0 Å². The quantitative estimate of drug-likeness (QED) is 0.421. The molecular weight excluding hydrogens is 225 g/mol. The van der Waals surface area contributed by atoms with Crippen LogP contribution in [0.1, 0.15) is 0 Å². The number of anilines is 1. The summed E-state index contributed by atoms with van der Waals surface area (Å²) in [6, 6.07) is 4.66. The number of nitrogens with one attached hydrogen (secondary N) is 2. The van der Waals surface area contributed by atoms with Crippen LogP contribution in [0.15, 0.2) is 22.7 Å². The van der Waals surface area contributed by atoms with Gasteiger partial charge in [0.05, 0.1) is 12.4 Å². The third-order valence-electron chi connectivity index (χ3n) is 1.31. The Morgan fingerprint density at radius 3 is 2.92 bits per heavy atom. The summed E-state index contributed by atoms with van der Waals surface area (Å²) in [4.78, 5) is 0. The van der Waals surface area contributed by atoms with E-state index < -0.39 is 0 Å². The molecular formula is C7H9BrFN3. The summed E-state index contributed by atoms with van der Waals surface area (Å²) in [5, 5.41) is 2.76. The molecule has 0 spiro atoms. The van der Waals surface area contributed by atoms with Crippen molar-refractivity contribution in [1.82, 2.24) is 5.43 Å². The van der Waals surface area contributed by atoms with Gasteiger partial charge in [0.1, 0.15) is 5.82 Å². The summed E-state index contributed by atoms with van der Waals surface area (Å²) in [7, 11) is 0. The molecule has 66 valence electrons. The van der Waals surface area contributed by atoms with E-state index in [2.05, 4.69) is 26.7 Å². The fourth-order valence-electron chi connectivity index (χ4n) is 0.779. The van der Waals surface area contributed by atoms with E-state index in [1.54, 1.807) is 12.1 Å². The highest BCUT2D eigenvalue weighted by Crippen LogP contribution is 2.19. The summed E-state index contributed by atoms with van der Waals surface area (Å²) in [5.74, 6) is 4.72. The van der Waals surface area contributed by atoms with Gasteiger partial charge in [-0.05, 0) is 18.2 Å². The molecule has 0 radical (unpaired) electrons. The second-order valence-electron chi connectivity index (χ2n) is 2.18. The summed E-state index contributed by atoms with van der Waals surface area (Å²) < 4.78 is 13.8. The second-order valence-corrected chi connectivity index (χ2v) is 3.10. The number of hydrogen-bond acceptors (Lipinski definition) is 3. The molecule has 0 fully saturated rings. The zero-order chi connectivity index (χ0) is 8.97. The molecule has 5 heteroatoms. The lowest BCUT2D eigenvalue weighted by atomic mass is 10.3. The topological polar surface area (TPSA) is 50.1 Å². The van der Waals surface area contributed by atoms with Crippen molar-refractivity contribution in [3.63, 3.8) is 0 Å². The van der Waals surface area contributed by atoms with Crippen LogP contribution >= 0.6 is 15.9 Å². The molecule has 1 aromatic rings. The van der Waals surface area contributed by atoms with Crippen molar-refractivity contribution in [3.05, 3.63) is 28.5 Å². The molecule has 1 aromatic carbocycles. The van der Waals surface area contributed by atoms with Crippen LogP contribution in [0.25, 0.3) is 0 Å². The Morgan fingerprint density at radius 2 is 2.25 bits per heavy atom.